The summed E-state index contributed by atoms with van der Waals surface area (Å²) in [5.41, 5.74) is 1.93. The van der Waals surface area contributed by atoms with Crippen molar-refractivity contribution in [3.63, 3.8) is 0 Å². The van der Waals surface area contributed by atoms with Gasteiger partial charge in [-0.1, -0.05) is 41.9 Å². The summed E-state index contributed by atoms with van der Waals surface area (Å²) in [5.74, 6) is -0.287. The van der Waals surface area contributed by atoms with Crippen molar-refractivity contribution in [1.29, 1.82) is 0 Å². The number of anilines is 1. The Morgan fingerprint density at radius 2 is 1.83 bits per heavy atom. The molecule has 5 nitrogen and oxygen atoms in total. The van der Waals surface area contributed by atoms with Crippen molar-refractivity contribution < 1.29 is 13.2 Å². The van der Waals surface area contributed by atoms with Gasteiger partial charge in [-0.2, -0.15) is 0 Å². The van der Waals surface area contributed by atoms with E-state index < -0.39 is 10.0 Å². The lowest BCUT2D eigenvalue weighted by Gasteiger charge is -2.17. The van der Waals surface area contributed by atoms with Gasteiger partial charge in [0.25, 0.3) is 0 Å². The van der Waals surface area contributed by atoms with Crippen LogP contribution in [0.5, 0.6) is 0 Å². The number of amides is 1. The predicted octanol–water partition coefficient (Wildman–Crippen LogP) is 2.21. The molecule has 1 aliphatic heterocycles. The molecule has 0 aromatic heterocycles. The van der Waals surface area contributed by atoms with E-state index in [0.29, 0.717) is 6.54 Å². The number of benzene rings is 2. The Balaban J connectivity index is 1.72. The number of rotatable bonds is 4. The highest BCUT2D eigenvalue weighted by Crippen LogP contribution is 2.27. The molecule has 23 heavy (non-hydrogen) atoms. The third-order valence-corrected chi connectivity index (χ3v) is 5.63. The normalized spacial score (nSPS) is 13.9. The molecule has 0 spiro atoms. The number of hydrogen-bond acceptors (Lipinski definition) is 3. The second-order valence-electron chi connectivity index (χ2n) is 5.18. The molecule has 7 heteroatoms. The second-order valence-corrected chi connectivity index (χ2v) is 7.32. The Hall–Kier alpha value is -1.89. The van der Waals surface area contributed by atoms with Crippen LogP contribution in [0.4, 0.5) is 5.69 Å². The summed E-state index contributed by atoms with van der Waals surface area (Å²) in [6, 6.07) is 13.7. The number of nitrogens with one attached hydrogen (secondary N) is 1. The topological polar surface area (TPSA) is 66.5 Å². The molecule has 0 aliphatic carbocycles. The van der Waals surface area contributed by atoms with Gasteiger partial charge in [-0.25, -0.2) is 13.1 Å². The van der Waals surface area contributed by atoms with Gasteiger partial charge < -0.3 is 4.90 Å². The first-order valence-electron chi connectivity index (χ1n) is 7.11. The van der Waals surface area contributed by atoms with Crippen LogP contribution in [0.2, 0.25) is 5.02 Å². The van der Waals surface area contributed by atoms with E-state index in [2.05, 4.69) is 4.72 Å². The smallest absolute Gasteiger partial charge is 0.242 e. The maximum absolute atomic E-state index is 12.3. The molecule has 2 aromatic rings. The van der Waals surface area contributed by atoms with Crippen LogP contribution in [0.15, 0.2) is 53.4 Å². The first-order chi connectivity index (χ1) is 11.0. The van der Waals surface area contributed by atoms with Gasteiger partial charge in [-0.3, -0.25) is 4.79 Å². The maximum atomic E-state index is 12.3. The maximum Gasteiger partial charge on any atom is 0.242 e. The Bertz CT molecular complexity index is 852. The molecule has 0 radical (unpaired) electrons. The summed E-state index contributed by atoms with van der Waals surface area (Å²) in [6.07, 6.45) is 0.777. The van der Waals surface area contributed by atoms with Gasteiger partial charge in [0.05, 0.1) is 11.6 Å². The van der Waals surface area contributed by atoms with Crippen LogP contribution in [0, 0.1) is 0 Å². The van der Waals surface area contributed by atoms with E-state index in [0.717, 1.165) is 17.7 Å². The lowest BCUT2D eigenvalue weighted by Crippen LogP contribution is -2.39. The molecule has 1 N–H and O–H groups in total. The number of halogens is 1. The molecule has 1 heterocycles. The first-order valence-corrected chi connectivity index (χ1v) is 8.97. The number of para-hydroxylation sites is 1. The van der Waals surface area contributed by atoms with Crippen LogP contribution in [-0.4, -0.2) is 27.4 Å². The highest BCUT2D eigenvalue weighted by Gasteiger charge is 2.26. The van der Waals surface area contributed by atoms with Crippen molar-refractivity contribution in [1.82, 2.24) is 4.72 Å². The van der Waals surface area contributed by atoms with E-state index in [9.17, 15) is 13.2 Å². The molecule has 0 fully saturated rings. The minimum Gasteiger partial charge on any atom is -0.311 e. The van der Waals surface area contributed by atoms with Crippen LogP contribution < -0.4 is 9.62 Å². The second kappa shape index (κ2) is 6.31. The van der Waals surface area contributed by atoms with Crippen LogP contribution in [0.3, 0.4) is 0 Å². The Morgan fingerprint density at radius 1 is 1.13 bits per heavy atom. The molecule has 120 valence electrons. The van der Waals surface area contributed by atoms with E-state index in [-0.39, 0.29) is 22.4 Å². The van der Waals surface area contributed by atoms with Gasteiger partial charge in [0.2, 0.25) is 15.9 Å². The summed E-state index contributed by atoms with van der Waals surface area (Å²) in [7, 11) is -3.82. The number of sulfonamides is 1. The summed E-state index contributed by atoms with van der Waals surface area (Å²) >= 11 is 5.90. The number of nitrogens with zero attached hydrogens (tertiary/aromatic N) is 1. The van der Waals surface area contributed by atoms with E-state index >= 15 is 0 Å². The zero-order valence-electron chi connectivity index (χ0n) is 12.2. The van der Waals surface area contributed by atoms with Gasteiger partial charge >= 0.3 is 0 Å². The molecule has 3 rings (SSSR count). The molecule has 1 aliphatic rings. The summed E-state index contributed by atoms with van der Waals surface area (Å²) < 4.78 is 26.8. The van der Waals surface area contributed by atoms with Crippen LogP contribution in [0.25, 0.3) is 0 Å². The molecule has 0 unspecified atom stereocenters. The lowest BCUT2D eigenvalue weighted by molar-refractivity contribution is -0.117. The van der Waals surface area contributed by atoms with Crippen LogP contribution >= 0.6 is 11.6 Å². The quantitative estimate of drug-likeness (QED) is 0.919. The Kier molecular flexibility index (Phi) is 4.39. The van der Waals surface area contributed by atoms with Gasteiger partial charge in [-0.05, 0) is 30.2 Å². The lowest BCUT2D eigenvalue weighted by atomic mass is 10.2. The van der Waals surface area contributed by atoms with Gasteiger partial charge in [0.15, 0.2) is 0 Å². The molecule has 0 saturated carbocycles. The third kappa shape index (κ3) is 3.24. The molecule has 0 saturated heterocycles. The highest BCUT2D eigenvalue weighted by molar-refractivity contribution is 7.89. The average molecular weight is 351 g/mol. The SMILES string of the molecule is O=C(CNS(=O)(=O)c1ccccc1Cl)N1CCc2ccccc21. The van der Waals surface area contributed by atoms with E-state index in [4.69, 9.17) is 11.6 Å². The number of fused-ring (bicyclic) bond motifs is 1. The zero-order chi connectivity index (χ0) is 16.4. The Labute approximate surface area is 139 Å². The third-order valence-electron chi connectivity index (χ3n) is 3.73. The number of hydrogen-bond donors (Lipinski definition) is 1. The van der Waals surface area contributed by atoms with Crippen molar-refractivity contribution in [3.05, 3.63) is 59.1 Å². The summed E-state index contributed by atoms with van der Waals surface area (Å²) in [5, 5.41) is 0.124. The monoisotopic (exact) mass is 350 g/mol. The molecule has 2 aromatic carbocycles. The fraction of sp³-hybridized carbons (Fsp3) is 0.188. The van der Waals surface area contributed by atoms with Crippen LogP contribution in [-0.2, 0) is 21.2 Å². The molecule has 0 bridgehead atoms. The summed E-state index contributed by atoms with van der Waals surface area (Å²) in [6.45, 7) is 0.258. The van der Waals surface area contributed by atoms with Crippen LogP contribution in [0.1, 0.15) is 5.56 Å². The van der Waals surface area contributed by atoms with Gasteiger partial charge in [0.1, 0.15) is 4.90 Å². The minimum atomic E-state index is -3.82. The largest absolute Gasteiger partial charge is 0.311 e. The van der Waals surface area contributed by atoms with Crippen molar-refractivity contribution in [2.45, 2.75) is 11.3 Å². The number of carbonyl (C=O) groups is 1. The zero-order valence-corrected chi connectivity index (χ0v) is 13.8. The van der Waals surface area contributed by atoms with E-state index in [1.807, 2.05) is 24.3 Å². The van der Waals surface area contributed by atoms with Crippen molar-refractivity contribution >= 4 is 33.2 Å². The fourth-order valence-corrected chi connectivity index (χ4v) is 4.08. The van der Waals surface area contributed by atoms with Crippen molar-refractivity contribution in [2.24, 2.45) is 0 Å². The van der Waals surface area contributed by atoms with Crippen molar-refractivity contribution in [3.8, 4) is 0 Å². The molecular weight excluding hydrogens is 336 g/mol. The summed E-state index contributed by atoms with van der Waals surface area (Å²) in [4.78, 5) is 13.9. The highest BCUT2D eigenvalue weighted by atomic mass is 35.5. The first kappa shape index (κ1) is 16.0. The van der Waals surface area contributed by atoms with Gasteiger partial charge in [-0.15, -0.1) is 0 Å². The predicted molar refractivity (Wildman–Crippen MR) is 89.1 cm³/mol. The minimum absolute atomic E-state index is 0.0312. The fourth-order valence-electron chi connectivity index (χ4n) is 2.59. The van der Waals surface area contributed by atoms with Crippen molar-refractivity contribution in [2.75, 3.05) is 18.0 Å². The Morgan fingerprint density at radius 3 is 2.61 bits per heavy atom. The molecule has 1 amide bonds. The number of carbonyl (C=O) groups excluding carboxylic acids is 1. The van der Waals surface area contributed by atoms with E-state index in [1.54, 1.807) is 17.0 Å². The molecular formula is C16H15ClN2O3S. The standard InChI is InChI=1S/C16H15ClN2O3S/c17-13-6-2-4-8-15(13)23(21,22)18-11-16(20)19-10-9-12-5-1-3-7-14(12)19/h1-8,18H,9-11H2. The van der Waals surface area contributed by atoms with E-state index in [1.165, 1.54) is 12.1 Å². The average Bonchev–Trinajstić information content (AvgIpc) is 2.97. The molecule has 0 atom stereocenters. The van der Waals surface area contributed by atoms with Gasteiger partial charge in [0, 0.05) is 12.2 Å².